The van der Waals surface area contributed by atoms with E-state index in [1.807, 2.05) is 6.07 Å². The molecule has 1 saturated heterocycles. The molecule has 3 heteroatoms. The fraction of sp³-hybridized carbons (Fsp3) is 0.538. The van der Waals surface area contributed by atoms with Crippen LogP contribution in [0.1, 0.15) is 26.7 Å². The van der Waals surface area contributed by atoms with Crippen molar-refractivity contribution in [2.24, 2.45) is 0 Å². The van der Waals surface area contributed by atoms with Gasteiger partial charge in [-0.1, -0.05) is 12.1 Å². The fourth-order valence-electron chi connectivity index (χ4n) is 1.96. The number of phenols is 1. The largest absolute Gasteiger partial charge is 0.504 e. The first kappa shape index (κ1) is 11.3. The Balaban J connectivity index is 1.87. The van der Waals surface area contributed by atoms with Crippen LogP contribution in [0.2, 0.25) is 0 Å². The summed E-state index contributed by atoms with van der Waals surface area (Å²) in [5.41, 5.74) is -0.0350. The monoisotopic (exact) mass is 222 g/mol. The highest BCUT2D eigenvalue weighted by atomic mass is 16.6. The molecule has 1 unspecified atom stereocenters. The molecule has 0 aromatic heterocycles. The van der Waals surface area contributed by atoms with Crippen molar-refractivity contribution in [3.05, 3.63) is 24.3 Å². The van der Waals surface area contributed by atoms with Crippen LogP contribution < -0.4 is 4.74 Å². The minimum Gasteiger partial charge on any atom is -0.504 e. The van der Waals surface area contributed by atoms with Gasteiger partial charge in [-0.05, 0) is 38.8 Å². The van der Waals surface area contributed by atoms with Gasteiger partial charge >= 0.3 is 0 Å². The quantitative estimate of drug-likeness (QED) is 0.854. The maximum absolute atomic E-state index is 9.52. The van der Waals surface area contributed by atoms with Gasteiger partial charge in [0.05, 0.1) is 11.7 Å². The Morgan fingerprint density at radius 3 is 2.81 bits per heavy atom. The van der Waals surface area contributed by atoms with E-state index in [1.54, 1.807) is 18.2 Å². The first-order chi connectivity index (χ1) is 7.57. The summed E-state index contributed by atoms with van der Waals surface area (Å²) >= 11 is 0. The second-order valence-electron chi connectivity index (χ2n) is 4.82. The molecule has 1 aliphatic rings. The van der Waals surface area contributed by atoms with Crippen molar-refractivity contribution in [3.63, 3.8) is 0 Å². The van der Waals surface area contributed by atoms with Crippen LogP contribution in [-0.4, -0.2) is 23.4 Å². The van der Waals surface area contributed by atoms with Gasteiger partial charge in [0.25, 0.3) is 0 Å². The van der Waals surface area contributed by atoms with E-state index in [0.717, 1.165) is 12.8 Å². The standard InChI is InChI=1S/C13H18O3/c1-13(2)8-7-10(16-13)9-15-12-6-4-3-5-11(12)14/h3-6,10,14H,7-9H2,1-2H3. The highest BCUT2D eigenvalue weighted by Gasteiger charge is 2.31. The molecule has 1 fully saturated rings. The predicted octanol–water partition coefficient (Wildman–Crippen LogP) is 2.73. The average molecular weight is 222 g/mol. The summed E-state index contributed by atoms with van der Waals surface area (Å²) in [5.74, 6) is 0.704. The topological polar surface area (TPSA) is 38.7 Å². The van der Waals surface area contributed by atoms with Gasteiger partial charge in [0.1, 0.15) is 6.61 Å². The number of hydrogen-bond donors (Lipinski definition) is 1. The number of aromatic hydroxyl groups is 1. The molecule has 2 rings (SSSR count). The van der Waals surface area contributed by atoms with Crippen molar-refractivity contribution in [2.75, 3.05) is 6.61 Å². The molecule has 0 amide bonds. The average Bonchev–Trinajstić information content (AvgIpc) is 2.57. The van der Waals surface area contributed by atoms with Crippen LogP contribution in [0.25, 0.3) is 0 Å². The van der Waals surface area contributed by atoms with Crippen LogP contribution in [0, 0.1) is 0 Å². The van der Waals surface area contributed by atoms with Gasteiger partial charge in [-0.25, -0.2) is 0 Å². The molecule has 0 bridgehead atoms. The number of phenolic OH excluding ortho intramolecular Hbond substituents is 1. The number of hydrogen-bond acceptors (Lipinski definition) is 3. The molecule has 1 N–H and O–H groups in total. The van der Waals surface area contributed by atoms with Gasteiger partial charge in [-0.2, -0.15) is 0 Å². The summed E-state index contributed by atoms with van der Waals surface area (Å²) in [6.07, 6.45) is 2.21. The van der Waals surface area contributed by atoms with E-state index in [2.05, 4.69) is 13.8 Å². The predicted molar refractivity (Wildman–Crippen MR) is 61.8 cm³/mol. The summed E-state index contributed by atoms with van der Waals surface area (Å²) in [6, 6.07) is 7.00. The zero-order valence-electron chi connectivity index (χ0n) is 9.77. The van der Waals surface area contributed by atoms with Gasteiger partial charge in [0.2, 0.25) is 0 Å². The van der Waals surface area contributed by atoms with Gasteiger partial charge in [0.15, 0.2) is 11.5 Å². The van der Waals surface area contributed by atoms with Crippen LogP contribution >= 0.6 is 0 Å². The van der Waals surface area contributed by atoms with Crippen LogP contribution in [-0.2, 0) is 4.74 Å². The molecule has 1 heterocycles. The zero-order chi connectivity index (χ0) is 11.6. The molecule has 3 nitrogen and oxygen atoms in total. The summed E-state index contributed by atoms with van der Waals surface area (Å²) in [6.45, 7) is 4.68. The van der Waals surface area contributed by atoms with E-state index in [0.29, 0.717) is 12.4 Å². The first-order valence-corrected chi connectivity index (χ1v) is 5.65. The van der Waals surface area contributed by atoms with E-state index in [-0.39, 0.29) is 17.5 Å². The Hall–Kier alpha value is -1.22. The van der Waals surface area contributed by atoms with Gasteiger partial charge in [-0.15, -0.1) is 0 Å². The molecular formula is C13H18O3. The van der Waals surface area contributed by atoms with Crippen molar-refractivity contribution < 1.29 is 14.6 Å². The highest BCUT2D eigenvalue weighted by Crippen LogP contribution is 2.31. The molecule has 0 spiro atoms. The summed E-state index contributed by atoms with van der Waals surface area (Å²) < 4.78 is 11.3. The van der Waals surface area contributed by atoms with Gasteiger partial charge in [-0.3, -0.25) is 0 Å². The molecule has 16 heavy (non-hydrogen) atoms. The van der Waals surface area contributed by atoms with Crippen molar-refractivity contribution in [2.45, 2.75) is 38.4 Å². The molecule has 88 valence electrons. The normalized spacial score (nSPS) is 23.2. The second-order valence-corrected chi connectivity index (χ2v) is 4.82. The minimum absolute atomic E-state index is 0.0350. The molecule has 0 saturated carbocycles. The van der Waals surface area contributed by atoms with Crippen LogP contribution in [0.4, 0.5) is 0 Å². The Labute approximate surface area is 96.0 Å². The Kier molecular flexibility index (Phi) is 3.06. The Bertz CT molecular complexity index is 360. The van der Waals surface area contributed by atoms with Crippen molar-refractivity contribution in [1.82, 2.24) is 0 Å². The molecule has 0 aliphatic carbocycles. The maximum atomic E-state index is 9.52. The number of rotatable bonds is 3. The lowest BCUT2D eigenvalue weighted by Gasteiger charge is -2.19. The minimum atomic E-state index is -0.0350. The zero-order valence-corrected chi connectivity index (χ0v) is 9.77. The summed E-state index contributed by atoms with van der Waals surface area (Å²) in [7, 11) is 0. The molecule has 1 aromatic rings. The van der Waals surface area contributed by atoms with E-state index < -0.39 is 0 Å². The second kappa shape index (κ2) is 4.34. The maximum Gasteiger partial charge on any atom is 0.161 e. The number of para-hydroxylation sites is 2. The third kappa shape index (κ3) is 2.67. The lowest BCUT2D eigenvalue weighted by Crippen LogP contribution is -2.23. The van der Waals surface area contributed by atoms with E-state index in [1.165, 1.54) is 0 Å². The van der Waals surface area contributed by atoms with Crippen molar-refractivity contribution in [1.29, 1.82) is 0 Å². The van der Waals surface area contributed by atoms with Crippen molar-refractivity contribution in [3.8, 4) is 11.5 Å². The lowest BCUT2D eigenvalue weighted by atomic mass is 10.1. The SMILES string of the molecule is CC1(C)CCC(COc2ccccc2O)O1. The number of ether oxygens (including phenoxy) is 2. The first-order valence-electron chi connectivity index (χ1n) is 5.65. The Morgan fingerprint density at radius 1 is 1.44 bits per heavy atom. The van der Waals surface area contributed by atoms with E-state index in [9.17, 15) is 5.11 Å². The third-order valence-corrected chi connectivity index (χ3v) is 2.84. The summed E-state index contributed by atoms with van der Waals surface area (Å²) in [5, 5.41) is 9.52. The highest BCUT2D eigenvalue weighted by molar-refractivity contribution is 5.37. The van der Waals surface area contributed by atoms with Crippen LogP contribution in [0.5, 0.6) is 11.5 Å². The smallest absolute Gasteiger partial charge is 0.161 e. The van der Waals surface area contributed by atoms with Crippen molar-refractivity contribution >= 4 is 0 Å². The summed E-state index contributed by atoms with van der Waals surface area (Å²) in [4.78, 5) is 0. The van der Waals surface area contributed by atoms with E-state index >= 15 is 0 Å². The van der Waals surface area contributed by atoms with Crippen LogP contribution in [0.3, 0.4) is 0 Å². The lowest BCUT2D eigenvalue weighted by molar-refractivity contribution is -0.0328. The van der Waals surface area contributed by atoms with E-state index in [4.69, 9.17) is 9.47 Å². The number of benzene rings is 1. The van der Waals surface area contributed by atoms with Gasteiger partial charge < -0.3 is 14.6 Å². The third-order valence-electron chi connectivity index (χ3n) is 2.84. The molecule has 1 aliphatic heterocycles. The molecular weight excluding hydrogens is 204 g/mol. The fourth-order valence-corrected chi connectivity index (χ4v) is 1.96. The molecule has 1 atom stereocenters. The van der Waals surface area contributed by atoms with Crippen LogP contribution in [0.15, 0.2) is 24.3 Å². The molecule has 1 aromatic carbocycles. The molecule has 0 radical (unpaired) electrons. The van der Waals surface area contributed by atoms with Gasteiger partial charge in [0, 0.05) is 0 Å². The Morgan fingerprint density at radius 2 is 2.19 bits per heavy atom.